The van der Waals surface area contributed by atoms with E-state index in [0.717, 1.165) is 19.3 Å². The Morgan fingerprint density at radius 1 is 1.50 bits per heavy atom. The molecule has 2 atom stereocenters. The molecular weight excluding hydrogens is 150 g/mol. The summed E-state index contributed by atoms with van der Waals surface area (Å²) in [6, 6.07) is 0.682. The molecule has 0 N–H and O–H groups in total. The molecule has 0 saturated carbocycles. The predicted octanol–water partition coefficient (Wildman–Crippen LogP) is 1.51. The van der Waals surface area contributed by atoms with Crippen LogP contribution in [0.4, 0.5) is 0 Å². The van der Waals surface area contributed by atoms with Crippen molar-refractivity contribution in [2.75, 3.05) is 13.3 Å². The Hall–Kier alpha value is -0.760. The van der Waals surface area contributed by atoms with E-state index in [4.69, 9.17) is 4.74 Å². The van der Waals surface area contributed by atoms with Crippen LogP contribution in [0.3, 0.4) is 0 Å². The zero-order chi connectivity index (χ0) is 7.97. The third kappa shape index (κ3) is 0.787. The minimum Gasteiger partial charge on any atom is -0.359 e. The van der Waals surface area contributed by atoms with E-state index in [1.165, 1.54) is 18.5 Å². The van der Waals surface area contributed by atoms with Crippen molar-refractivity contribution in [1.82, 2.24) is 4.90 Å². The molecule has 2 unspecified atom stereocenters. The van der Waals surface area contributed by atoms with Gasteiger partial charge >= 0.3 is 0 Å². The first-order valence-electron chi connectivity index (χ1n) is 4.66. The first-order chi connectivity index (χ1) is 5.95. The summed E-state index contributed by atoms with van der Waals surface area (Å²) < 4.78 is 5.42. The Bertz CT molecular complexity index is 257. The lowest BCUT2D eigenvalue weighted by Crippen LogP contribution is -2.22. The van der Waals surface area contributed by atoms with Gasteiger partial charge in [0.2, 0.25) is 0 Å². The van der Waals surface area contributed by atoms with Crippen LogP contribution in [-0.4, -0.2) is 24.3 Å². The highest BCUT2D eigenvalue weighted by Gasteiger charge is 2.39. The monoisotopic (exact) mass is 163 g/mol. The molecule has 12 heavy (non-hydrogen) atoms. The van der Waals surface area contributed by atoms with Crippen molar-refractivity contribution in [2.45, 2.75) is 18.9 Å². The fourth-order valence-corrected chi connectivity index (χ4v) is 2.51. The largest absolute Gasteiger partial charge is 0.359 e. The molecule has 0 aromatic heterocycles. The number of hydrogen-bond donors (Lipinski definition) is 0. The molecular formula is C10H13NO. The summed E-state index contributed by atoms with van der Waals surface area (Å²) in [5.74, 6) is 0.795. The van der Waals surface area contributed by atoms with Gasteiger partial charge in [0.1, 0.15) is 6.73 Å². The lowest BCUT2D eigenvalue weighted by molar-refractivity contribution is 0.152. The maximum Gasteiger partial charge on any atom is 0.119 e. The van der Waals surface area contributed by atoms with Crippen molar-refractivity contribution in [1.29, 1.82) is 0 Å². The molecule has 0 radical (unpaired) electrons. The maximum atomic E-state index is 5.42. The maximum absolute atomic E-state index is 5.42. The van der Waals surface area contributed by atoms with Crippen LogP contribution in [0.1, 0.15) is 12.8 Å². The number of nitrogens with zero attached hydrogens (tertiary/aromatic N) is 1. The van der Waals surface area contributed by atoms with E-state index >= 15 is 0 Å². The molecule has 3 rings (SSSR count). The Labute approximate surface area is 72.5 Å². The second-order valence-corrected chi connectivity index (χ2v) is 3.81. The van der Waals surface area contributed by atoms with E-state index < -0.39 is 0 Å². The standard InChI is InChI=1S/C10H13NO/c1-2-4-10-8(3-1)5-9-6-12-7-11(9)10/h1-2,4,8-9H,3,5-7H2. The van der Waals surface area contributed by atoms with Gasteiger partial charge in [-0.1, -0.05) is 12.2 Å². The summed E-state index contributed by atoms with van der Waals surface area (Å²) in [5.41, 5.74) is 1.51. The van der Waals surface area contributed by atoms with Crippen LogP contribution >= 0.6 is 0 Å². The summed E-state index contributed by atoms with van der Waals surface area (Å²) in [6.45, 7) is 1.76. The lowest BCUT2D eigenvalue weighted by atomic mass is 9.96. The van der Waals surface area contributed by atoms with E-state index in [1.807, 2.05) is 0 Å². The lowest BCUT2D eigenvalue weighted by Gasteiger charge is -2.20. The molecule has 2 nitrogen and oxygen atoms in total. The summed E-state index contributed by atoms with van der Waals surface area (Å²) in [7, 11) is 0. The summed E-state index contributed by atoms with van der Waals surface area (Å²) in [5, 5.41) is 0. The van der Waals surface area contributed by atoms with Gasteiger partial charge in [-0.15, -0.1) is 0 Å². The van der Waals surface area contributed by atoms with Crippen molar-refractivity contribution in [2.24, 2.45) is 5.92 Å². The SMILES string of the molecule is C1=CCC2CC3COCN3C2=C1. The van der Waals surface area contributed by atoms with Crippen LogP contribution in [0.15, 0.2) is 23.9 Å². The highest BCUT2D eigenvalue weighted by Crippen LogP contribution is 2.39. The van der Waals surface area contributed by atoms with Crippen LogP contribution in [0.25, 0.3) is 0 Å². The van der Waals surface area contributed by atoms with E-state index in [0.29, 0.717) is 6.04 Å². The van der Waals surface area contributed by atoms with Crippen molar-refractivity contribution in [3.8, 4) is 0 Å². The third-order valence-electron chi connectivity index (χ3n) is 3.11. The van der Waals surface area contributed by atoms with Crippen LogP contribution in [0.2, 0.25) is 0 Å². The van der Waals surface area contributed by atoms with Crippen molar-refractivity contribution in [3.05, 3.63) is 23.9 Å². The average molecular weight is 163 g/mol. The predicted molar refractivity (Wildman–Crippen MR) is 46.4 cm³/mol. The van der Waals surface area contributed by atoms with Gasteiger partial charge in [-0.3, -0.25) is 0 Å². The average Bonchev–Trinajstić information content (AvgIpc) is 2.62. The second-order valence-electron chi connectivity index (χ2n) is 3.81. The smallest absolute Gasteiger partial charge is 0.119 e. The number of hydrogen-bond acceptors (Lipinski definition) is 2. The number of allylic oxidation sites excluding steroid dienone is 4. The fourth-order valence-electron chi connectivity index (χ4n) is 2.51. The number of fused-ring (bicyclic) bond motifs is 3. The molecule has 1 aliphatic carbocycles. The molecule has 3 aliphatic rings. The van der Waals surface area contributed by atoms with Gasteiger partial charge in [-0.25, -0.2) is 0 Å². The second kappa shape index (κ2) is 2.36. The molecule has 2 heteroatoms. The Morgan fingerprint density at radius 3 is 3.50 bits per heavy atom. The first kappa shape index (κ1) is 6.72. The topological polar surface area (TPSA) is 12.5 Å². The van der Waals surface area contributed by atoms with E-state index in [2.05, 4.69) is 23.1 Å². The summed E-state index contributed by atoms with van der Waals surface area (Å²) in [4.78, 5) is 2.42. The molecule has 2 aliphatic heterocycles. The van der Waals surface area contributed by atoms with Gasteiger partial charge in [0, 0.05) is 11.6 Å². The molecule has 0 aromatic carbocycles. The van der Waals surface area contributed by atoms with Gasteiger partial charge in [0.25, 0.3) is 0 Å². The van der Waals surface area contributed by atoms with Crippen molar-refractivity contribution < 1.29 is 4.74 Å². The van der Waals surface area contributed by atoms with Crippen LogP contribution < -0.4 is 0 Å². The molecule has 2 heterocycles. The van der Waals surface area contributed by atoms with Crippen LogP contribution in [0.5, 0.6) is 0 Å². The third-order valence-corrected chi connectivity index (χ3v) is 3.11. The van der Waals surface area contributed by atoms with E-state index in [-0.39, 0.29) is 0 Å². The van der Waals surface area contributed by atoms with Crippen molar-refractivity contribution >= 4 is 0 Å². The quantitative estimate of drug-likeness (QED) is 0.536. The Morgan fingerprint density at radius 2 is 2.50 bits per heavy atom. The minimum atomic E-state index is 0.682. The van der Waals surface area contributed by atoms with Crippen LogP contribution in [0, 0.1) is 5.92 Å². The highest BCUT2D eigenvalue weighted by molar-refractivity contribution is 5.25. The fraction of sp³-hybridized carbons (Fsp3) is 0.600. The van der Waals surface area contributed by atoms with Gasteiger partial charge < -0.3 is 9.64 Å². The zero-order valence-corrected chi connectivity index (χ0v) is 7.07. The first-order valence-corrected chi connectivity index (χ1v) is 4.66. The Kier molecular flexibility index (Phi) is 1.32. The van der Waals surface area contributed by atoms with Crippen molar-refractivity contribution in [3.63, 3.8) is 0 Å². The zero-order valence-electron chi connectivity index (χ0n) is 7.07. The van der Waals surface area contributed by atoms with Crippen LogP contribution in [-0.2, 0) is 4.74 Å². The van der Waals surface area contributed by atoms with Gasteiger partial charge in [-0.05, 0) is 18.9 Å². The molecule has 64 valence electrons. The molecule has 2 fully saturated rings. The molecule has 2 saturated heterocycles. The molecule has 0 bridgehead atoms. The number of ether oxygens (including phenoxy) is 1. The highest BCUT2D eigenvalue weighted by atomic mass is 16.5. The van der Waals surface area contributed by atoms with E-state index in [1.54, 1.807) is 0 Å². The summed E-state index contributed by atoms with van der Waals surface area (Å²) in [6.07, 6.45) is 9.24. The Balaban J connectivity index is 1.94. The molecule has 0 amide bonds. The molecule has 0 aromatic rings. The van der Waals surface area contributed by atoms with Gasteiger partial charge in [0.05, 0.1) is 12.6 Å². The van der Waals surface area contributed by atoms with Gasteiger partial charge in [0.15, 0.2) is 0 Å². The molecule has 0 spiro atoms. The minimum absolute atomic E-state index is 0.682. The number of rotatable bonds is 0. The summed E-state index contributed by atoms with van der Waals surface area (Å²) >= 11 is 0. The van der Waals surface area contributed by atoms with Gasteiger partial charge in [-0.2, -0.15) is 0 Å². The normalized spacial score (nSPS) is 38.0. The van der Waals surface area contributed by atoms with E-state index in [9.17, 15) is 0 Å².